The minimum atomic E-state index is 0.331. The molecule has 1 nitrogen and oxygen atoms in total. The van der Waals surface area contributed by atoms with Crippen molar-refractivity contribution in [3.8, 4) is 0 Å². The molecule has 16 heavy (non-hydrogen) atoms. The van der Waals surface area contributed by atoms with Crippen LogP contribution in [-0.4, -0.2) is 5.78 Å². The highest BCUT2D eigenvalue weighted by Crippen LogP contribution is 2.49. The molecule has 1 aromatic carbocycles. The summed E-state index contributed by atoms with van der Waals surface area (Å²) in [7, 11) is 0. The van der Waals surface area contributed by atoms with Crippen molar-refractivity contribution in [2.75, 3.05) is 0 Å². The van der Waals surface area contributed by atoms with Crippen molar-refractivity contribution < 1.29 is 4.79 Å². The Balaban J connectivity index is 1.96. The van der Waals surface area contributed by atoms with Crippen LogP contribution in [0.1, 0.15) is 44.1 Å². The maximum absolute atomic E-state index is 11.8. The Morgan fingerprint density at radius 3 is 2.75 bits per heavy atom. The van der Waals surface area contributed by atoms with Crippen LogP contribution >= 0.6 is 0 Å². The van der Waals surface area contributed by atoms with Crippen LogP contribution in [0.5, 0.6) is 0 Å². The van der Waals surface area contributed by atoms with Crippen LogP contribution in [0.4, 0.5) is 0 Å². The summed E-state index contributed by atoms with van der Waals surface area (Å²) in [6.45, 7) is 0. The molecule has 84 valence electrons. The molecule has 2 unspecified atom stereocenters. The van der Waals surface area contributed by atoms with E-state index in [4.69, 9.17) is 0 Å². The van der Waals surface area contributed by atoms with Gasteiger partial charge in [0.05, 0.1) is 0 Å². The van der Waals surface area contributed by atoms with E-state index < -0.39 is 0 Å². The first-order chi connectivity index (χ1) is 7.80. The van der Waals surface area contributed by atoms with E-state index in [2.05, 4.69) is 30.3 Å². The lowest BCUT2D eigenvalue weighted by molar-refractivity contribution is -0.127. The highest BCUT2D eigenvalue weighted by Gasteiger charge is 2.43. The fourth-order valence-electron chi connectivity index (χ4n) is 3.63. The van der Waals surface area contributed by atoms with Gasteiger partial charge in [0.15, 0.2) is 0 Å². The highest BCUT2D eigenvalue weighted by atomic mass is 16.1. The Bertz CT molecular complexity index is 395. The second-order valence-electron chi connectivity index (χ2n) is 5.41. The molecular weight excluding hydrogens is 196 g/mol. The SMILES string of the molecule is O=C1CCC2(c3ccccc3)CCCC1C2. The second kappa shape index (κ2) is 3.73. The van der Waals surface area contributed by atoms with Crippen LogP contribution in [0.3, 0.4) is 0 Å². The van der Waals surface area contributed by atoms with Gasteiger partial charge in [0.1, 0.15) is 5.78 Å². The molecule has 2 aliphatic rings. The summed E-state index contributed by atoms with van der Waals surface area (Å²) >= 11 is 0. The summed E-state index contributed by atoms with van der Waals surface area (Å²) in [5.41, 5.74) is 1.80. The van der Waals surface area contributed by atoms with E-state index in [0.29, 0.717) is 17.1 Å². The standard InChI is InChI=1S/C15H18O/c16-14-8-10-15(9-4-5-12(14)11-15)13-6-2-1-3-7-13/h1-3,6-7,12H,4-5,8-11H2. The zero-order valence-electron chi connectivity index (χ0n) is 9.61. The molecule has 1 aromatic rings. The lowest BCUT2D eigenvalue weighted by Gasteiger charge is -2.45. The molecule has 0 heterocycles. The number of ketones is 1. The van der Waals surface area contributed by atoms with Crippen molar-refractivity contribution in [1.29, 1.82) is 0 Å². The van der Waals surface area contributed by atoms with E-state index in [1.54, 1.807) is 0 Å². The lowest BCUT2D eigenvalue weighted by Crippen LogP contribution is -2.40. The predicted molar refractivity (Wildman–Crippen MR) is 64.3 cm³/mol. The molecule has 2 saturated carbocycles. The van der Waals surface area contributed by atoms with Gasteiger partial charge in [-0.3, -0.25) is 4.79 Å². The number of hydrogen-bond donors (Lipinski definition) is 0. The molecule has 2 bridgehead atoms. The van der Waals surface area contributed by atoms with Crippen molar-refractivity contribution >= 4 is 5.78 Å². The predicted octanol–water partition coefficient (Wildman–Crippen LogP) is 3.48. The molecule has 0 aromatic heterocycles. The molecule has 3 rings (SSSR count). The van der Waals surface area contributed by atoms with E-state index in [-0.39, 0.29) is 0 Å². The van der Waals surface area contributed by atoms with Crippen LogP contribution in [0.25, 0.3) is 0 Å². The van der Waals surface area contributed by atoms with E-state index in [9.17, 15) is 4.79 Å². The summed E-state index contributed by atoms with van der Waals surface area (Å²) in [4.78, 5) is 11.8. The quantitative estimate of drug-likeness (QED) is 0.699. The van der Waals surface area contributed by atoms with Gasteiger partial charge in [-0.1, -0.05) is 36.8 Å². The van der Waals surface area contributed by atoms with Crippen LogP contribution < -0.4 is 0 Å². The van der Waals surface area contributed by atoms with Crippen LogP contribution in [0.15, 0.2) is 30.3 Å². The highest BCUT2D eigenvalue weighted by molar-refractivity contribution is 5.82. The zero-order valence-corrected chi connectivity index (χ0v) is 9.61. The molecule has 0 radical (unpaired) electrons. The van der Waals surface area contributed by atoms with E-state index in [0.717, 1.165) is 25.7 Å². The van der Waals surface area contributed by atoms with Gasteiger partial charge in [-0.15, -0.1) is 0 Å². The smallest absolute Gasteiger partial charge is 0.136 e. The van der Waals surface area contributed by atoms with E-state index in [1.165, 1.54) is 18.4 Å². The molecule has 0 amide bonds. The Kier molecular flexibility index (Phi) is 2.34. The maximum atomic E-state index is 11.8. The lowest BCUT2D eigenvalue weighted by atomic mass is 9.59. The molecule has 1 heteroatoms. The molecule has 2 atom stereocenters. The van der Waals surface area contributed by atoms with Gasteiger partial charge < -0.3 is 0 Å². The first kappa shape index (κ1) is 10.1. The second-order valence-corrected chi connectivity index (χ2v) is 5.41. The topological polar surface area (TPSA) is 17.1 Å². The Labute approximate surface area is 96.9 Å². The average molecular weight is 214 g/mol. The molecule has 2 fully saturated rings. The van der Waals surface area contributed by atoms with Gasteiger partial charge in [-0.05, 0) is 36.7 Å². The van der Waals surface area contributed by atoms with Crippen molar-refractivity contribution in [2.24, 2.45) is 5.92 Å². The largest absolute Gasteiger partial charge is 0.299 e. The van der Waals surface area contributed by atoms with Crippen LogP contribution in [0, 0.1) is 5.92 Å². The summed E-state index contributed by atoms with van der Waals surface area (Å²) in [6, 6.07) is 10.8. The number of benzene rings is 1. The van der Waals surface area contributed by atoms with Crippen molar-refractivity contribution in [3.05, 3.63) is 35.9 Å². The number of carbonyl (C=O) groups is 1. The van der Waals surface area contributed by atoms with Crippen molar-refractivity contribution in [1.82, 2.24) is 0 Å². The molecule has 2 aliphatic carbocycles. The first-order valence-corrected chi connectivity index (χ1v) is 6.38. The van der Waals surface area contributed by atoms with Crippen molar-refractivity contribution in [3.63, 3.8) is 0 Å². The molecule has 0 N–H and O–H groups in total. The number of rotatable bonds is 1. The summed E-state index contributed by atoms with van der Waals surface area (Å²) < 4.78 is 0. The number of hydrogen-bond acceptors (Lipinski definition) is 1. The van der Waals surface area contributed by atoms with Crippen LogP contribution in [-0.2, 0) is 10.2 Å². The monoisotopic (exact) mass is 214 g/mol. The van der Waals surface area contributed by atoms with Gasteiger partial charge in [-0.25, -0.2) is 0 Å². The van der Waals surface area contributed by atoms with Crippen molar-refractivity contribution in [2.45, 2.75) is 43.9 Å². The minimum Gasteiger partial charge on any atom is -0.299 e. The minimum absolute atomic E-state index is 0.331. The van der Waals surface area contributed by atoms with Gasteiger partial charge in [0.2, 0.25) is 0 Å². The number of carbonyl (C=O) groups excluding carboxylic acids is 1. The maximum Gasteiger partial charge on any atom is 0.136 e. The van der Waals surface area contributed by atoms with Crippen LogP contribution in [0.2, 0.25) is 0 Å². The number of fused-ring (bicyclic) bond motifs is 2. The molecular formula is C15H18O. The van der Waals surface area contributed by atoms with Gasteiger partial charge in [0, 0.05) is 12.3 Å². The Morgan fingerprint density at radius 2 is 1.94 bits per heavy atom. The summed E-state index contributed by atoms with van der Waals surface area (Å²) in [6.07, 6.45) is 6.63. The van der Waals surface area contributed by atoms with Gasteiger partial charge in [0.25, 0.3) is 0 Å². The zero-order chi connectivity index (χ0) is 11.0. The fraction of sp³-hybridized carbons (Fsp3) is 0.533. The molecule has 0 saturated heterocycles. The molecule has 0 spiro atoms. The fourth-order valence-corrected chi connectivity index (χ4v) is 3.63. The van der Waals surface area contributed by atoms with E-state index in [1.807, 2.05) is 0 Å². The summed E-state index contributed by atoms with van der Waals surface area (Å²) in [5, 5.41) is 0. The third-order valence-corrected chi connectivity index (χ3v) is 4.54. The Morgan fingerprint density at radius 1 is 1.12 bits per heavy atom. The third-order valence-electron chi connectivity index (χ3n) is 4.54. The summed E-state index contributed by atoms with van der Waals surface area (Å²) in [5.74, 6) is 0.883. The Hall–Kier alpha value is -1.11. The normalized spacial score (nSPS) is 33.8. The van der Waals surface area contributed by atoms with Gasteiger partial charge in [-0.2, -0.15) is 0 Å². The first-order valence-electron chi connectivity index (χ1n) is 6.38. The third kappa shape index (κ3) is 1.50. The average Bonchev–Trinajstić information content (AvgIpc) is 2.36. The molecule has 0 aliphatic heterocycles. The van der Waals surface area contributed by atoms with Gasteiger partial charge >= 0.3 is 0 Å². The number of Topliss-reactive ketones (excluding diaryl/α,β-unsaturated/α-hetero) is 1. The van der Waals surface area contributed by atoms with E-state index >= 15 is 0 Å².